The average Bonchev–Trinajstić information content (AvgIpc) is 3.16. The quantitative estimate of drug-likeness (QED) is 0.518. The lowest BCUT2D eigenvalue weighted by atomic mass is 10.1. The van der Waals surface area contributed by atoms with Gasteiger partial charge in [-0.25, -0.2) is 18.7 Å². The second-order valence-electron chi connectivity index (χ2n) is 7.67. The van der Waals surface area contributed by atoms with E-state index < -0.39 is 11.6 Å². The monoisotopic (exact) mass is 449 g/mol. The number of rotatable bonds is 5. The molecule has 0 amide bonds. The standard InChI is InChI=1S/C22H22ClF2N3O3/c1-22(31-4)5-6-28(11-22)21-13-8-17(23)26-10-12(13)7-14(27-21)18-19(24)15(29-2)9-16(30-3)20(18)25/h7-10H,5-6,11H2,1-4H3. The molecule has 1 fully saturated rings. The predicted octanol–water partition coefficient (Wildman–Crippen LogP) is 4.86. The van der Waals surface area contributed by atoms with E-state index in [4.69, 9.17) is 25.8 Å². The molecule has 0 bridgehead atoms. The van der Waals surface area contributed by atoms with Gasteiger partial charge >= 0.3 is 0 Å². The molecule has 164 valence electrons. The van der Waals surface area contributed by atoms with Crippen molar-refractivity contribution in [3.05, 3.63) is 41.2 Å². The van der Waals surface area contributed by atoms with Gasteiger partial charge in [0.25, 0.3) is 0 Å². The van der Waals surface area contributed by atoms with Crippen LogP contribution in [0.1, 0.15) is 13.3 Å². The summed E-state index contributed by atoms with van der Waals surface area (Å²) in [4.78, 5) is 10.8. The van der Waals surface area contributed by atoms with Crippen molar-refractivity contribution in [1.29, 1.82) is 0 Å². The molecule has 0 N–H and O–H groups in total. The van der Waals surface area contributed by atoms with Crippen molar-refractivity contribution in [2.45, 2.75) is 18.9 Å². The zero-order valence-electron chi connectivity index (χ0n) is 17.6. The van der Waals surface area contributed by atoms with Crippen molar-refractivity contribution in [3.63, 3.8) is 0 Å². The fourth-order valence-electron chi connectivity index (χ4n) is 3.86. The Morgan fingerprint density at radius 1 is 1.06 bits per heavy atom. The van der Waals surface area contributed by atoms with Crippen LogP contribution in [0.25, 0.3) is 22.0 Å². The van der Waals surface area contributed by atoms with E-state index in [1.807, 2.05) is 11.8 Å². The number of anilines is 1. The maximum atomic E-state index is 15.2. The van der Waals surface area contributed by atoms with Crippen LogP contribution in [0.15, 0.2) is 24.4 Å². The van der Waals surface area contributed by atoms with Crippen molar-refractivity contribution in [2.75, 3.05) is 39.3 Å². The molecule has 3 aromatic rings. The van der Waals surface area contributed by atoms with Gasteiger partial charge in [-0.3, -0.25) is 0 Å². The van der Waals surface area contributed by atoms with Crippen LogP contribution in [0, 0.1) is 11.6 Å². The first-order valence-corrected chi connectivity index (χ1v) is 10.0. The van der Waals surface area contributed by atoms with E-state index in [1.54, 1.807) is 25.4 Å². The summed E-state index contributed by atoms with van der Waals surface area (Å²) in [7, 11) is 4.28. The Bertz CT molecular complexity index is 1130. The summed E-state index contributed by atoms with van der Waals surface area (Å²) in [5, 5.41) is 1.69. The van der Waals surface area contributed by atoms with E-state index >= 15 is 8.78 Å². The highest BCUT2D eigenvalue weighted by Crippen LogP contribution is 2.40. The smallest absolute Gasteiger partial charge is 0.177 e. The number of benzene rings is 1. The van der Waals surface area contributed by atoms with Gasteiger partial charge in [-0.2, -0.15) is 0 Å². The number of hydrogen-bond donors (Lipinski definition) is 0. The van der Waals surface area contributed by atoms with Gasteiger partial charge in [0.15, 0.2) is 23.1 Å². The van der Waals surface area contributed by atoms with E-state index in [0.717, 1.165) is 11.8 Å². The largest absolute Gasteiger partial charge is 0.494 e. The van der Waals surface area contributed by atoms with Crippen LogP contribution in [0.3, 0.4) is 0 Å². The molecule has 9 heteroatoms. The lowest BCUT2D eigenvalue weighted by molar-refractivity contribution is 0.0257. The van der Waals surface area contributed by atoms with Crippen molar-refractivity contribution in [2.24, 2.45) is 0 Å². The summed E-state index contributed by atoms with van der Waals surface area (Å²) in [6, 6.07) is 4.44. The van der Waals surface area contributed by atoms with Gasteiger partial charge in [0, 0.05) is 43.2 Å². The Morgan fingerprint density at radius 3 is 2.32 bits per heavy atom. The van der Waals surface area contributed by atoms with Crippen LogP contribution in [0.2, 0.25) is 5.15 Å². The van der Waals surface area contributed by atoms with Gasteiger partial charge in [0.1, 0.15) is 11.0 Å². The highest BCUT2D eigenvalue weighted by molar-refractivity contribution is 6.30. The van der Waals surface area contributed by atoms with Crippen LogP contribution in [-0.4, -0.2) is 50.0 Å². The van der Waals surface area contributed by atoms with E-state index in [2.05, 4.69) is 9.97 Å². The van der Waals surface area contributed by atoms with E-state index in [0.29, 0.717) is 29.4 Å². The van der Waals surface area contributed by atoms with Gasteiger partial charge < -0.3 is 19.1 Å². The third-order valence-electron chi connectivity index (χ3n) is 5.72. The first kappa shape index (κ1) is 21.5. The Labute approximate surface area is 183 Å². The summed E-state index contributed by atoms with van der Waals surface area (Å²) in [5.41, 5.74) is -0.580. The molecule has 4 rings (SSSR count). The van der Waals surface area contributed by atoms with Crippen LogP contribution >= 0.6 is 11.6 Å². The Hall–Kier alpha value is -2.71. The van der Waals surface area contributed by atoms with Gasteiger partial charge in [-0.05, 0) is 25.5 Å². The minimum atomic E-state index is -0.858. The first-order chi connectivity index (χ1) is 14.8. The van der Waals surface area contributed by atoms with Gasteiger partial charge in [0.2, 0.25) is 0 Å². The Balaban J connectivity index is 1.97. The highest BCUT2D eigenvalue weighted by atomic mass is 35.5. The number of ether oxygens (including phenoxy) is 3. The second-order valence-corrected chi connectivity index (χ2v) is 8.06. The summed E-state index contributed by atoms with van der Waals surface area (Å²) in [6.07, 6.45) is 2.34. The molecule has 31 heavy (non-hydrogen) atoms. The summed E-state index contributed by atoms with van der Waals surface area (Å²) in [6.45, 7) is 3.25. The van der Waals surface area contributed by atoms with Crippen LogP contribution in [-0.2, 0) is 4.74 Å². The van der Waals surface area contributed by atoms with Crippen LogP contribution < -0.4 is 14.4 Å². The Morgan fingerprint density at radius 2 is 1.74 bits per heavy atom. The number of halogens is 3. The van der Waals surface area contributed by atoms with Crippen LogP contribution in [0.4, 0.5) is 14.6 Å². The predicted molar refractivity (Wildman–Crippen MR) is 115 cm³/mol. The van der Waals surface area contributed by atoms with Gasteiger partial charge in [0.05, 0.1) is 31.1 Å². The highest BCUT2D eigenvalue weighted by Gasteiger charge is 2.35. The van der Waals surface area contributed by atoms with Crippen molar-refractivity contribution in [1.82, 2.24) is 9.97 Å². The van der Waals surface area contributed by atoms with Crippen molar-refractivity contribution < 1.29 is 23.0 Å². The zero-order chi connectivity index (χ0) is 22.3. The topological polar surface area (TPSA) is 56.7 Å². The number of fused-ring (bicyclic) bond motifs is 1. The number of pyridine rings is 2. The van der Waals surface area contributed by atoms with Crippen molar-refractivity contribution >= 4 is 28.2 Å². The minimum Gasteiger partial charge on any atom is -0.494 e. The molecule has 1 aliphatic heterocycles. The maximum absolute atomic E-state index is 15.2. The molecule has 1 atom stereocenters. The first-order valence-electron chi connectivity index (χ1n) is 9.67. The molecule has 0 saturated carbocycles. The molecular weight excluding hydrogens is 428 g/mol. The molecule has 1 unspecified atom stereocenters. The minimum absolute atomic E-state index is 0.102. The molecule has 6 nitrogen and oxygen atoms in total. The molecule has 0 spiro atoms. The molecule has 0 radical (unpaired) electrons. The second kappa shape index (κ2) is 8.09. The third-order valence-corrected chi connectivity index (χ3v) is 5.93. The fraction of sp³-hybridized carbons (Fsp3) is 0.364. The lowest BCUT2D eigenvalue weighted by Gasteiger charge is -2.25. The summed E-state index contributed by atoms with van der Waals surface area (Å²) in [5.74, 6) is -1.44. The zero-order valence-corrected chi connectivity index (χ0v) is 18.4. The Kier molecular flexibility index (Phi) is 5.61. The molecule has 3 heterocycles. The average molecular weight is 450 g/mol. The molecule has 0 aliphatic carbocycles. The lowest BCUT2D eigenvalue weighted by Crippen LogP contribution is -2.32. The normalized spacial score (nSPS) is 18.6. The van der Waals surface area contributed by atoms with E-state index in [-0.39, 0.29) is 28.4 Å². The number of aromatic nitrogens is 2. The molecular formula is C22H22ClF2N3O3. The number of methoxy groups -OCH3 is 3. The fourth-order valence-corrected chi connectivity index (χ4v) is 4.02. The maximum Gasteiger partial charge on any atom is 0.177 e. The molecule has 1 aromatic carbocycles. The molecule has 1 aliphatic rings. The van der Waals surface area contributed by atoms with Crippen LogP contribution in [0.5, 0.6) is 11.5 Å². The van der Waals surface area contributed by atoms with E-state index in [1.165, 1.54) is 20.3 Å². The SMILES string of the molecule is COc1cc(OC)c(F)c(-c2cc3cnc(Cl)cc3c(N3CCC(C)(OC)C3)n2)c1F. The number of nitrogens with zero attached hydrogens (tertiary/aromatic N) is 3. The summed E-state index contributed by atoms with van der Waals surface area (Å²) >= 11 is 6.13. The molecule has 2 aromatic heterocycles. The van der Waals surface area contributed by atoms with Crippen molar-refractivity contribution in [3.8, 4) is 22.8 Å². The van der Waals surface area contributed by atoms with Gasteiger partial charge in [-0.15, -0.1) is 0 Å². The molecule has 1 saturated heterocycles. The number of hydrogen-bond acceptors (Lipinski definition) is 6. The summed E-state index contributed by atoms with van der Waals surface area (Å²) < 4.78 is 46.1. The third kappa shape index (κ3) is 3.74. The van der Waals surface area contributed by atoms with E-state index in [9.17, 15) is 0 Å². The van der Waals surface area contributed by atoms with Gasteiger partial charge in [-0.1, -0.05) is 11.6 Å².